The minimum atomic E-state index is -3.73. The normalized spacial score (nSPS) is 10.9. The molecular formula is C15H16N4O5S. The first-order valence-corrected chi connectivity index (χ1v) is 8.72. The van der Waals surface area contributed by atoms with Gasteiger partial charge in [0, 0.05) is 12.6 Å². The highest BCUT2D eigenvalue weighted by Gasteiger charge is 2.14. The number of nitro benzene ring substituents is 1. The van der Waals surface area contributed by atoms with Crippen molar-refractivity contribution >= 4 is 27.4 Å². The Morgan fingerprint density at radius 2 is 1.76 bits per heavy atom. The van der Waals surface area contributed by atoms with Crippen LogP contribution in [-0.2, 0) is 16.4 Å². The number of benzene rings is 2. The molecule has 2 rings (SSSR count). The summed E-state index contributed by atoms with van der Waals surface area (Å²) in [5.74, 6) is 0. The SMILES string of the molecule is NS(=O)(=O)c1ccc(CCNC(=O)Nc2ccccc2[N+](=O)[O-])cc1. The molecule has 0 bridgehead atoms. The van der Waals surface area contributed by atoms with Gasteiger partial charge in [-0.3, -0.25) is 10.1 Å². The molecule has 25 heavy (non-hydrogen) atoms. The molecule has 0 fully saturated rings. The molecule has 0 saturated heterocycles. The van der Waals surface area contributed by atoms with Crippen LogP contribution in [-0.4, -0.2) is 25.9 Å². The number of nitrogens with two attached hydrogens (primary N) is 1. The quantitative estimate of drug-likeness (QED) is 0.527. The number of hydrogen-bond acceptors (Lipinski definition) is 5. The second-order valence-corrected chi connectivity index (χ2v) is 6.66. The molecule has 0 spiro atoms. The lowest BCUT2D eigenvalue weighted by Gasteiger charge is -2.08. The second-order valence-electron chi connectivity index (χ2n) is 5.09. The third kappa shape index (κ3) is 5.26. The van der Waals surface area contributed by atoms with Crippen LogP contribution in [0, 0.1) is 10.1 Å². The molecule has 0 atom stereocenters. The van der Waals surface area contributed by atoms with Gasteiger partial charge < -0.3 is 10.6 Å². The van der Waals surface area contributed by atoms with Crippen LogP contribution in [0.25, 0.3) is 0 Å². The summed E-state index contributed by atoms with van der Waals surface area (Å²) in [6, 6.07) is 11.2. The van der Waals surface area contributed by atoms with Gasteiger partial charge in [0.25, 0.3) is 5.69 Å². The van der Waals surface area contributed by atoms with E-state index < -0.39 is 21.0 Å². The van der Waals surface area contributed by atoms with Gasteiger partial charge in [0.2, 0.25) is 10.0 Å². The number of primary sulfonamides is 1. The lowest BCUT2D eigenvalue weighted by molar-refractivity contribution is -0.383. The molecule has 4 N–H and O–H groups in total. The molecule has 0 aliphatic rings. The van der Waals surface area contributed by atoms with Crippen LogP contribution in [0.3, 0.4) is 0 Å². The molecule has 132 valence electrons. The third-order valence-corrected chi connectivity index (χ3v) is 4.23. The zero-order chi connectivity index (χ0) is 18.4. The summed E-state index contributed by atoms with van der Waals surface area (Å²) >= 11 is 0. The zero-order valence-electron chi connectivity index (χ0n) is 13.0. The van der Waals surface area contributed by atoms with Crippen LogP contribution in [0.4, 0.5) is 16.2 Å². The molecule has 10 heteroatoms. The van der Waals surface area contributed by atoms with E-state index in [4.69, 9.17) is 5.14 Å². The Kier molecular flexibility index (Phi) is 5.67. The van der Waals surface area contributed by atoms with Gasteiger partial charge in [0.05, 0.1) is 9.82 Å². The summed E-state index contributed by atoms with van der Waals surface area (Å²) in [6.45, 7) is 0.265. The predicted octanol–water partition coefficient (Wildman–Crippen LogP) is 1.61. The van der Waals surface area contributed by atoms with Gasteiger partial charge in [-0.1, -0.05) is 24.3 Å². The number of nitrogens with one attached hydrogen (secondary N) is 2. The van der Waals surface area contributed by atoms with E-state index in [1.165, 1.54) is 30.3 Å². The number of urea groups is 1. The maximum absolute atomic E-state index is 11.8. The van der Waals surface area contributed by atoms with E-state index in [1.54, 1.807) is 18.2 Å². The lowest BCUT2D eigenvalue weighted by atomic mass is 10.1. The zero-order valence-corrected chi connectivity index (χ0v) is 13.8. The molecule has 0 heterocycles. The van der Waals surface area contributed by atoms with E-state index in [2.05, 4.69) is 10.6 Å². The molecule has 0 unspecified atom stereocenters. The van der Waals surface area contributed by atoms with Crippen molar-refractivity contribution < 1.29 is 18.1 Å². The van der Waals surface area contributed by atoms with E-state index in [0.29, 0.717) is 6.42 Å². The predicted molar refractivity (Wildman–Crippen MR) is 91.6 cm³/mol. The molecular weight excluding hydrogens is 348 g/mol. The van der Waals surface area contributed by atoms with E-state index in [-0.39, 0.29) is 22.8 Å². The first-order valence-electron chi connectivity index (χ1n) is 7.17. The number of nitro groups is 1. The lowest BCUT2D eigenvalue weighted by Crippen LogP contribution is -2.30. The number of hydrogen-bond donors (Lipinski definition) is 3. The maximum atomic E-state index is 11.8. The molecule has 9 nitrogen and oxygen atoms in total. The van der Waals surface area contributed by atoms with Crippen molar-refractivity contribution in [3.05, 3.63) is 64.2 Å². The average Bonchev–Trinajstić information content (AvgIpc) is 2.55. The fraction of sp³-hybridized carbons (Fsp3) is 0.133. The molecule has 0 radical (unpaired) electrons. The topological polar surface area (TPSA) is 144 Å². The summed E-state index contributed by atoms with van der Waals surface area (Å²) in [7, 11) is -3.73. The highest BCUT2D eigenvalue weighted by atomic mass is 32.2. The minimum absolute atomic E-state index is 0.0124. The van der Waals surface area contributed by atoms with Crippen molar-refractivity contribution in [2.75, 3.05) is 11.9 Å². The van der Waals surface area contributed by atoms with Gasteiger partial charge in [0.15, 0.2) is 0 Å². The van der Waals surface area contributed by atoms with Gasteiger partial charge in [-0.25, -0.2) is 18.4 Å². The highest BCUT2D eigenvalue weighted by molar-refractivity contribution is 7.89. The van der Waals surface area contributed by atoms with Crippen molar-refractivity contribution in [2.24, 2.45) is 5.14 Å². The van der Waals surface area contributed by atoms with Crippen molar-refractivity contribution in [3.63, 3.8) is 0 Å². The van der Waals surface area contributed by atoms with E-state index >= 15 is 0 Å². The number of amides is 2. The Balaban J connectivity index is 1.88. The van der Waals surface area contributed by atoms with Crippen LogP contribution in [0.1, 0.15) is 5.56 Å². The molecule has 2 aromatic rings. The van der Waals surface area contributed by atoms with Gasteiger partial charge in [-0.2, -0.15) is 0 Å². The molecule has 0 saturated carbocycles. The van der Waals surface area contributed by atoms with Crippen LogP contribution in [0.5, 0.6) is 0 Å². The number of para-hydroxylation sites is 2. The molecule has 2 amide bonds. The Morgan fingerprint density at radius 3 is 2.36 bits per heavy atom. The largest absolute Gasteiger partial charge is 0.338 e. The van der Waals surface area contributed by atoms with Crippen molar-refractivity contribution in [1.82, 2.24) is 5.32 Å². The number of nitrogens with zero attached hydrogens (tertiary/aromatic N) is 1. The van der Waals surface area contributed by atoms with Gasteiger partial charge in [-0.05, 0) is 30.2 Å². The minimum Gasteiger partial charge on any atom is -0.338 e. The monoisotopic (exact) mass is 364 g/mol. The highest BCUT2D eigenvalue weighted by Crippen LogP contribution is 2.22. The summed E-state index contributed by atoms with van der Waals surface area (Å²) in [4.78, 5) is 22.1. The van der Waals surface area contributed by atoms with Crippen molar-refractivity contribution in [3.8, 4) is 0 Å². The van der Waals surface area contributed by atoms with Crippen LogP contribution < -0.4 is 15.8 Å². The molecule has 0 aliphatic carbocycles. The number of sulfonamides is 1. The van der Waals surface area contributed by atoms with Crippen LogP contribution in [0.2, 0.25) is 0 Å². The summed E-state index contributed by atoms with van der Waals surface area (Å²) < 4.78 is 22.3. The first-order chi connectivity index (χ1) is 11.8. The Labute approximate surface area is 144 Å². The Bertz CT molecular complexity index is 881. The number of carbonyl (C=O) groups is 1. The van der Waals surface area contributed by atoms with Gasteiger partial charge in [-0.15, -0.1) is 0 Å². The molecule has 0 aliphatic heterocycles. The van der Waals surface area contributed by atoms with Crippen molar-refractivity contribution in [1.29, 1.82) is 0 Å². The number of rotatable bonds is 6. The van der Waals surface area contributed by atoms with Gasteiger partial charge in [0.1, 0.15) is 5.69 Å². The number of carbonyl (C=O) groups excluding carboxylic acids is 1. The van der Waals surface area contributed by atoms with Crippen molar-refractivity contribution in [2.45, 2.75) is 11.3 Å². The molecule has 2 aromatic carbocycles. The van der Waals surface area contributed by atoms with E-state index in [0.717, 1.165) is 5.56 Å². The summed E-state index contributed by atoms with van der Waals surface area (Å²) in [5, 5.41) is 20.9. The summed E-state index contributed by atoms with van der Waals surface area (Å²) in [6.07, 6.45) is 0.454. The first kappa shape index (κ1) is 18.4. The fourth-order valence-electron chi connectivity index (χ4n) is 2.07. The Hall–Kier alpha value is -2.98. The Morgan fingerprint density at radius 1 is 1.12 bits per heavy atom. The van der Waals surface area contributed by atoms with Crippen LogP contribution >= 0.6 is 0 Å². The maximum Gasteiger partial charge on any atom is 0.319 e. The standard InChI is InChI=1S/C15H16N4O5S/c16-25(23,24)12-7-5-11(6-8-12)9-10-17-15(20)18-13-3-1-2-4-14(13)19(21)22/h1-8H,9-10H2,(H2,16,23,24)(H2,17,18,20). The van der Waals surface area contributed by atoms with E-state index in [1.807, 2.05) is 0 Å². The van der Waals surface area contributed by atoms with Gasteiger partial charge >= 0.3 is 6.03 Å². The summed E-state index contributed by atoms with van der Waals surface area (Å²) in [5.41, 5.74) is 0.706. The second kappa shape index (κ2) is 7.73. The van der Waals surface area contributed by atoms with Crippen LogP contribution in [0.15, 0.2) is 53.4 Å². The van der Waals surface area contributed by atoms with E-state index in [9.17, 15) is 23.3 Å². The fourth-order valence-corrected chi connectivity index (χ4v) is 2.59. The smallest absolute Gasteiger partial charge is 0.319 e. The molecule has 0 aromatic heterocycles. The third-order valence-electron chi connectivity index (χ3n) is 3.30. The number of anilines is 1. The average molecular weight is 364 g/mol.